The first-order valence-electron chi connectivity index (χ1n) is 10.3. The van der Waals surface area contributed by atoms with E-state index in [1.165, 1.54) is 0 Å². The molecule has 162 valence electrons. The van der Waals surface area contributed by atoms with Gasteiger partial charge >= 0.3 is 0 Å². The summed E-state index contributed by atoms with van der Waals surface area (Å²) in [6.45, 7) is 3.04. The number of pyridine rings is 1. The fourth-order valence-corrected chi connectivity index (χ4v) is 4.64. The Labute approximate surface area is 189 Å². The Balaban J connectivity index is 1.36. The molecule has 1 amide bonds. The summed E-state index contributed by atoms with van der Waals surface area (Å²) in [4.78, 5) is 22.4. The zero-order valence-electron chi connectivity index (χ0n) is 17.5. The minimum absolute atomic E-state index is 0.0250. The molecule has 4 aromatic rings. The van der Waals surface area contributed by atoms with Crippen molar-refractivity contribution < 1.29 is 14.3 Å². The number of morpholine rings is 1. The van der Waals surface area contributed by atoms with Crippen LogP contribution < -0.4 is 10.5 Å². The van der Waals surface area contributed by atoms with E-state index in [4.69, 9.17) is 20.2 Å². The van der Waals surface area contributed by atoms with Gasteiger partial charge in [0.05, 0.1) is 28.9 Å². The number of nitrogens with two attached hydrogens (primary N) is 1. The molecule has 1 saturated heterocycles. The van der Waals surface area contributed by atoms with Crippen LogP contribution in [0, 0.1) is 0 Å². The molecule has 0 radical (unpaired) electrons. The normalized spacial score (nSPS) is 16.3. The highest BCUT2D eigenvalue weighted by Gasteiger charge is 2.23. The highest BCUT2D eigenvalue weighted by molar-refractivity contribution is 7.21. The molecule has 8 heteroatoms. The van der Waals surface area contributed by atoms with Gasteiger partial charge in [-0.1, -0.05) is 24.3 Å². The Morgan fingerprint density at radius 2 is 2.00 bits per heavy atom. The Morgan fingerprint density at radius 1 is 1.19 bits per heavy atom. The highest BCUT2D eigenvalue weighted by Crippen LogP contribution is 2.35. The number of hydrogen-bond acceptors (Lipinski definition) is 7. The molecule has 0 bridgehead atoms. The molecule has 5 rings (SSSR count). The zero-order valence-corrected chi connectivity index (χ0v) is 18.3. The molecule has 2 aromatic carbocycles. The fraction of sp³-hybridized carbons (Fsp3) is 0.208. The second-order valence-corrected chi connectivity index (χ2v) is 8.58. The lowest BCUT2D eigenvalue weighted by atomic mass is 10.1. The van der Waals surface area contributed by atoms with Crippen molar-refractivity contribution in [2.45, 2.75) is 13.2 Å². The average molecular weight is 447 g/mol. The van der Waals surface area contributed by atoms with Crippen molar-refractivity contribution >= 4 is 33.3 Å². The van der Waals surface area contributed by atoms with Gasteiger partial charge in [-0.3, -0.25) is 4.79 Å². The van der Waals surface area contributed by atoms with E-state index in [2.05, 4.69) is 4.98 Å². The first-order valence-corrected chi connectivity index (χ1v) is 11.1. The summed E-state index contributed by atoms with van der Waals surface area (Å²) >= 11 is 1.60. The van der Waals surface area contributed by atoms with Gasteiger partial charge in [-0.2, -0.15) is 0 Å². The molecule has 1 aliphatic heterocycles. The second-order valence-electron chi connectivity index (χ2n) is 7.55. The molecule has 2 N–H and O–H groups in total. The zero-order chi connectivity index (χ0) is 22.1. The molecule has 2 aromatic heterocycles. The van der Waals surface area contributed by atoms with Gasteiger partial charge in [0.15, 0.2) is 0 Å². The quantitative estimate of drug-likeness (QED) is 0.505. The van der Waals surface area contributed by atoms with Crippen molar-refractivity contribution in [3.05, 3.63) is 60.8 Å². The molecule has 1 aliphatic rings. The SMILES string of the molecule is CC(=O)N1CCOC(Oc2ccc(-c3cnc(N)c(-c4nc5ccccc5s4)c3)cc2)C1. The van der Waals surface area contributed by atoms with E-state index in [1.54, 1.807) is 29.4 Å². The molecule has 7 nitrogen and oxygen atoms in total. The number of ether oxygens (including phenoxy) is 2. The van der Waals surface area contributed by atoms with Crippen LogP contribution in [-0.4, -0.2) is 46.8 Å². The number of rotatable bonds is 4. The molecule has 0 aliphatic carbocycles. The number of thiazole rings is 1. The lowest BCUT2D eigenvalue weighted by molar-refractivity contribution is -0.155. The van der Waals surface area contributed by atoms with E-state index in [9.17, 15) is 4.79 Å². The maximum Gasteiger partial charge on any atom is 0.219 e. The number of anilines is 1. The summed E-state index contributed by atoms with van der Waals surface area (Å²) < 4.78 is 12.7. The predicted octanol–water partition coefficient (Wildman–Crippen LogP) is 4.19. The number of nitrogens with zero attached hydrogens (tertiary/aromatic N) is 3. The Hall–Kier alpha value is -3.49. The Bertz CT molecular complexity index is 1240. The fourth-order valence-electron chi connectivity index (χ4n) is 3.65. The lowest BCUT2D eigenvalue weighted by Crippen LogP contribution is -2.46. The Morgan fingerprint density at radius 3 is 2.78 bits per heavy atom. The molecule has 3 heterocycles. The second kappa shape index (κ2) is 8.57. The minimum Gasteiger partial charge on any atom is -0.463 e. The van der Waals surface area contributed by atoms with Crippen LogP contribution in [0.2, 0.25) is 0 Å². The number of amides is 1. The summed E-state index contributed by atoms with van der Waals surface area (Å²) in [7, 11) is 0. The van der Waals surface area contributed by atoms with Gasteiger partial charge in [0.1, 0.15) is 16.6 Å². The van der Waals surface area contributed by atoms with Gasteiger partial charge in [-0.25, -0.2) is 9.97 Å². The van der Waals surface area contributed by atoms with Crippen molar-refractivity contribution in [3.8, 4) is 27.4 Å². The van der Waals surface area contributed by atoms with E-state index in [0.717, 1.165) is 31.9 Å². The van der Waals surface area contributed by atoms with E-state index in [-0.39, 0.29) is 5.91 Å². The molecular weight excluding hydrogens is 424 g/mol. The van der Waals surface area contributed by atoms with Crippen LogP contribution in [0.3, 0.4) is 0 Å². The molecule has 32 heavy (non-hydrogen) atoms. The van der Waals surface area contributed by atoms with E-state index >= 15 is 0 Å². The molecule has 1 unspecified atom stereocenters. The van der Waals surface area contributed by atoms with Gasteiger partial charge in [0, 0.05) is 25.2 Å². The summed E-state index contributed by atoms with van der Waals surface area (Å²) in [5, 5.41) is 0.850. The summed E-state index contributed by atoms with van der Waals surface area (Å²) in [5.74, 6) is 1.16. The van der Waals surface area contributed by atoms with Crippen molar-refractivity contribution in [1.29, 1.82) is 0 Å². The lowest BCUT2D eigenvalue weighted by Gasteiger charge is -2.32. The number of carbonyl (C=O) groups is 1. The van der Waals surface area contributed by atoms with Crippen molar-refractivity contribution in [3.63, 3.8) is 0 Å². The third-order valence-corrected chi connectivity index (χ3v) is 6.45. The molecule has 1 atom stereocenters. The van der Waals surface area contributed by atoms with E-state index < -0.39 is 6.29 Å². The number of benzene rings is 2. The maximum atomic E-state index is 11.6. The number of carbonyl (C=O) groups excluding carboxylic acids is 1. The van der Waals surface area contributed by atoms with Crippen LogP contribution in [0.25, 0.3) is 31.9 Å². The average Bonchev–Trinajstić information content (AvgIpc) is 3.24. The number of hydrogen-bond donors (Lipinski definition) is 1. The maximum absolute atomic E-state index is 11.6. The van der Waals surface area contributed by atoms with Gasteiger partial charge in [-0.05, 0) is 35.9 Å². The van der Waals surface area contributed by atoms with E-state index in [0.29, 0.717) is 31.3 Å². The van der Waals surface area contributed by atoms with Crippen molar-refractivity contribution in [2.24, 2.45) is 0 Å². The number of aromatic nitrogens is 2. The van der Waals surface area contributed by atoms with Crippen LogP contribution in [0.5, 0.6) is 5.75 Å². The van der Waals surface area contributed by atoms with Crippen LogP contribution in [-0.2, 0) is 9.53 Å². The summed E-state index contributed by atoms with van der Waals surface area (Å²) in [6.07, 6.45) is 1.29. The molecule has 0 saturated carbocycles. The molecular formula is C24H22N4O3S. The molecule has 0 spiro atoms. The largest absolute Gasteiger partial charge is 0.463 e. The van der Waals surface area contributed by atoms with Crippen LogP contribution in [0.1, 0.15) is 6.92 Å². The topological polar surface area (TPSA) is 90.6 Å². The number of nitrogen functional groups attached to an aromatic ring is 1. The van der Waals surface area contributed by atoms with Crippen LogP contribution in [0.15, 0.2) is 60.8 Å². The van der Waals surface area contributed by atoms with Gasteiger partial charge in [0.2, 0.25) is 12.2 Å². The van der Waals surface area contributed by atoms with Gasteiger partial charge in [-0.15, -0.1) is 11.3 Å². The smallest absolute Gasteiger partial charge is 0.219 e. The summed E-state index contributed by atoms with van der Waals surface area (Å²) in [6, 6.07) is 17.8. The predicted molar refractivity (Wildman–Crippen MR) is 125 cm³/mol. The van der Waals surface area contributed by atoms with Gasteiger partial charge in [0.25, 0.3) is 0 Å². The van der Waals surface area contributed by atoms with Crippen molar-refractivity contribution in [1.82, 2.24) is 14.9 Å². The third kappa shape index (κ3) is 4.15. The number of fused-ring (bicyclic) bond motifs is 1. The minimum atomic E-state index is -0.470. The third-order valence-electron chi connectivity index (χ3n) is 5.38. The molecule has 1 fully saturated rings. The summed E-state index contributed by atoms with van der Waals surface area (Å²) in [5.41, 5.74) is 9.88. The Kier molecular flexibility index (Phi) is 5.46. The standard InChI is InChI=1S/C24H22N4O3S/c1-15(29)28-10-11-30-22(14-28)31-18-8-6-16(7-9-18)17-12-19(23(25)26-13-17)24-27-20-4-2-3-5-21(20)32-24/h2-9,12-13,22H,10-11,14H2,1H3,(H2,25,26). The number of para-hydroxylation sites is 1. The monoisotopic (exact) mass is 446 g/mol. The van der Waals surface area contributed by atoms with Gasteiger partial charge < -0.3 is 20.1 Å². The van der Waals surface area contributed by atoms with Crippen molar-refractivity contribution in [2.75, 3.05) is 25.4 Å². The first kappa shape index (κ1) is 20.4. The highest BCUT2D eigenvalue weighted by atomic mass is 32.1. The van der Waals surface area contributed by atoms with E-state index in [1.807, 2.05) is 54.6 Å². The van der Waals surface area contributed by atoms with Crippen LogP contribution >= 0.6 is 11.3 Å². The van der Waals surface area contributed by atoms with Crippen LogP contribution in [0.4, 0.5) is 5.82 Å². The first-order chi connectivity index (χ1) is 15.6.